The zero-order valence-electron chi connectivity index (χ0n) is 15.9. The fourth-order valence-electron chi connectivity index (χ4n) is 3.19. The number of aryl methyl sites for hydroxylation is 1. The second-order valence-electron chi connectivity index (χ2n) is 6.47. The summed E-state index contributed by atoms with van der Waals surface area (Å²) in [6, 6.07) is 9.97. The molecule has 1 aromatic carbocycles. The van der Waals surface area contributed by atoms with Gasteiger partial charge in [0.2, 0.25) is 5.91 Å². The van der Waals surface area contributed by atoms with Gasteiger partial charge >= 0.3 is 0 Å². The first-order valence-electron chi connectivity index (χ1n) is 9.29. The van der Waals surface area contributed by atoms with E-state index in [0.717, 1.165) is 41.6 Å². The molecule has 0 spiro atoms. The molecule has 0 radical (unpaired) electrons. The maximum absolute atomic E-state index is 12.9. The van der Waals surface area contributed by atoms with Gasteiger partial charge in [-0.3, -0.25) is 9.36 Å². The largest absolute Gasteiger partial charge is 0.383 e. The predicted octanol–water partition coefficient (Wildman–Crippen LogP) is 3.60. The highest BCUT2D eigenvalue weighted by Crippen LogP contribution is 2.25. The van der Waals surface area contributed by atoms with Crippen LogP contribution in [-0.2, 0) is 9.53 Å². The summed E-state index contributed by atoms with van der Waals surface area (Å²) in [7, 11) is 1.66. The molecule has 1 amide bonds. The number of nitrogens with zero attached hydrogens (tertiary/aromatic N) is 4. The number of thioether (sulfide) groups is 1. The number of benzene rings is 1. The molecular weight excluding hydrogens is 360 g/mol. The second kappa shape index (κ2) is 9.71. The molecule has 0 atom stereocenters. The van der Waals surface area contributed by atoms with Crippen LogP contribution in [-0.4, -0.2) is 51.6 Å². The maximum atomic E-state index is 12.9. The smallest absolute Gasteiger partial charge is 0.237 e. The van der Waals surface area contributed by atoms with Gasteiger partial charge in [0, 0.05) is 25.0 Å². The Kier molecular flexibility index (Phi) is 7.06. The van der Waals surface area contributed by atoms with E-state index in [4.69, 9.17) is 4.74 Å². The standard InChI is InChI=1S/C20H26N4O2S/c1-16-21-22-20(24(16)18-11-7-4-8-12-18)27-15-19(25)23(13-14-26-2)17-9-5-3-6-10-17/h4,7-9,11-12H,3,5-6,10,13-15H2,1-2H3. The van der Waals surface area contributed by atoms with Gasteiger partial charge in [-0.05, 0) is 44.7 Å². The lowest BCUT2D eigenvalue weighted by atomic mass is 10.0. The van der Waals surface area contributed by atoms with Crippen molar-refractivity contribution in [2.45, 2.75) is 37.8 Å². The fraction of sp³-hybridized carbons (Fsp3) is 0.450. The fourth-order valence-corrected chi connectivity index (χ4v) is 4.07. The van der Waals surface area contributed by atoms with E-state index in [1.165, 1.54) is 18.2 Å². The molecule has 3 rings (SSSR count). The normalized spacial score (nSPS) is 14.1. The third-order valence-electron chi connectivity index (χ3n) is 4.57. The first kappa shape index (κ1) is 19.6. The van der Waals surface area contributed by atoms with Gasteiger partial charge in [0.25, 0.3) is 0 Å². The third-order valence-corrected chi connectivity index (χ3v) is 5.48. The summed E-state index contributed by atoms with van der Waals surface area (Å²) in [5, 5.41) is 9.19. The molecule has 27 heavy (non-hydrogen) atoms. The van der Waals surface area contributed by atoms with Crippen LogP contribution in [0.15, 0.2) is 47.3 Å². The van der Waals surface area contributed by atoms with Crippen molar-refractivity contribution >= 4 is 17.7 Å². The van der Waals surface area contributed by atoms with E-state index in [1.54, 1.807) is 7.11 Å². The number of aromatic nitrogens is 3. The number of methoxy groups -OCH3 is 1. The number of hydrogen-bond acceptors (Lipinski definition) is 5. The minimum absolute atomic E-state index is 0.0884. The summed E-state index contributed by atoms with van der Waals surface area (Å²) in [6.07, 6.45) is 6.53. The van der Waals surface area contributed by atoms with E-state index in [-0.39, 0.29) is 5.91 Å². The van der Waals surface area contributed by atoms with Crippen molar-refractivity contribution in [3.63, 3.8) is 0 Å². The molecule has 1 aliphatic rings. The summed E-state index contributed by atoms with van der Waals surface area (Å²) in [4.78, 5) is 14.8. The van der Waals surface area contributed by atoms with Crippen LogP contribution >= 0.6 is 11.8 Å². The molecule has 1 heterocycles. The Morgan fingerprint density at radius 3 is 2.78 bits per heavy atom. The Morgan fingerprint density at radius 1 is 1.26 bits per heavy atom. The molecule has 0 N–H and O–H groups in total. The van der Waals surface area contributed by atoms with Crippen LogP contribution in [0.1, 0.15) is 31.5 Å². The van der Waals surface area contributed by atoms with Crippen LogP contribution in [0.25, 0.3) is 5.69 Å². The second-order valence-corrected chi connectivity index (χ2v) is 7.41. The van der Waals surface area contributed by atoms with Crippen LogP contribution in [0.4, 0.5) is 0 Å². The minimum atomic E-state index is 0.0884. The van der Waals surface area contributed by atoms with Crippen molar-refractivity contribution in [1.82, 2.24) is 19.7 Å². The molecule has 2 aromatic rings. The summed E-state index contributed by atoms with van der Waals surface area (Å²) in [6.45, 7) is 3.04. The predicted molar refractivity (Wildman–Crippen MR) is 107 cm³/mol. The average molecular weight is 387 g/mol. The van der Waals surface area contributed by atoms with Gasteiger partial charge in [-0.1, -0.05) is 36.0 Å². The molecule has 0 fully saturated rings. The quantitative estimate of drug-likeness (QED) is 0.649. The number of rotatable bonds is 8. The summed E-state index contributed by atoms with van der Waals surface area (Å²) in [5.74, 6) is 1.22. The first-order valence-corrected chi connectivity index (χ1v) is 10.3. The number of para-hydroxylation sites is 1. The maximum Gasteiger partial charge on any atom is 0.237 e. The molecule has 7 heteroatoms. The highest BCUT2D eigenvalue weighted by molar-refractivity contribution is 7.99. The van der Waals surface area contributed by atoms with Gasteiger partial charge in [-0.25, -0.2) is 0 Å². The Bertz CT molecular complexity index is 789. The van der Waals surface area contributed by atoms with E-state index in [0.29, 0.717) is 18.9 Å². The summed E-state index contributed by atoms with van der Waals surface area (Å²) < 4.78 is 7.19. The van der Waals surface area contributed by atoms with Crippen molar-refractivity contribution in [2.75, 3.05) is 26.0 Å². The molecule has 144 valence electrons. The van der Waals surface area contributed by atoms with Crippen molar-refractivity contribution in [1.29, 1.82) is 0 Å². The summed E-state index contributed by atoms with van der Waals surface area (Å²) in [5.41, 5.74) is 2.13. The van der Waals surface area contributed by atoms with Crippen LogP contribution in [0.3, 0.4) is 0 Å². The van der Waals surface area contributed by atoms with Crippen LogP contribution < -0.4 is 0 Å². The third kappa shape index (κ3) is 4.99. The van der Waals surface area contributed by atoms with E-state index >= 15 is 0 Å². The molecule has 1 aliphatic carbocycles. The van der Waals surface area contributed by atoms with Crippen molar-refractivity contribution in [3.05, 3.63) is 47.9 Å². The minimum Gasteiger partial charge on any atom is -0.383 e. The number of carbonyl (C=O) groups is 1. The van der Waals surface area contributed by atoms with E-state index in [9.17, 15) is 4.79 Å². The van der Waals surface area contributed by atoms with Crippen LogP contribution in [0.5, 0.6) is 0 Å². The number of allylic oxidation sites excluding steroid dienone is 2. The molecule has 6 nitrogen and oxygen atoms in total. The average Bonchev–Trinajstić information content (AvgIpc) is 3.08. The molecule has 0 aliphatic heterocycles. The zero-order valence-corrected chi connectivity index (χ0v) is 16.7. The lowest BCUT2D eigenvalue weighted by Crippen LogP contribution is -2.35. The van der Waals surface area contributed by atoms with Crippen molar-refractivity contribution < 1.29 is 9.53 Å². The van der Waals surface area contributed by atoms with Gasteiger partial charge < -0.3 is 9.64 Å². The van der Waals surface area contributed by atoms with Crippen LogP contribution in [0, 0.1) is 6.92 Å². The molecule has 0 unspecified atom stereocenters. The number of ether oxygens (including phenoxy) is 1. The Morgan fingerprint density at radius 2 is 2.07 bits per heavy atom. The van der Waals surface area contributed by atoms with E-state index in [2.05, 4.69) is 16.3 Å². The van der Waals surface area contributed by atoms with Gasteiger partial charge in [0.05, 0.1) is 12.4 Å². The molecule has 1 aromatic heterocycles. The van der Waals surface area contributed by atoms with Gasteiger partial charge in [0.15, 0.2) is 5.16 Å². The van der Waals surface area contributed by atoms with Gasteiger partial charge in [-0.15, -0.1) is 10.2 Å². The first-order chi connectivity index (χ1) is 13.2. The lowest BCUT2D eigenvalue weighted by molar-refractivity contribution is -0.127. The Balaban J connectivity index is 1.71. The lowest BCUT2D eigenvalue weighted by Gasteiger charge is -2.27. The van der Waals surface area contributed by atoms with E-state index in [1.807, 2.05) is 46.7 Å². The SMILES string of the molecule is COCCN(C(=O)CSc1nnc(C)n1-c1ccccc1)C1=CCCCC1. The molecule has 0 bridgehead atoms. The van der Waals surface area contributed by atoms with Crippen molar-refractivity contribution in [2.24, 2.45) is 0 Å². The summed E-state index contributed by atoms with van der Waals surface area (Å²) >= 11 is 1.43. The molecule has 0 saturated heterocycles. The Labute approximate surface area is 164 Å². The van der Waals surface area contributed by atoms with Gasteiger partial charge in [0.1, 0.15) is 5.82 Å². The number of hydrogen-bond donors (Lipinski definition) is 0. The van der Waals surface area contributed by atoms with Gasteiger partial charge in [-0.2, -0.15) is 0 Å². The number of amides is 1. The highest BCUT2D eigenvalue weighted by Gasteiger charge is 2.21. The Hall–Kier alpha value is -2.12. The number of carbonyl (C=O) groups excluding carboxylic acids is 1. The monoisotopic (exact) mass is 386 g/mol. The topological polar surface area (TPSA) is 60.2 Å². The highest BCUT2D eigenvalue weighted by atomic mass is 32.2. The molecular formula is C20H26N4O2S. The van der Waals surface area contributed by atoms with Crippen LogP contribution in [0.2, 0.25) is 0 Å². The van der Waals surface area contributed by atoms with Crippen molar-refractivity contribution in [3.8, 4) is 5.69 Å². The zero-order chi connectivity index (χ0) is 19.1. The molecule has 0 saturated carbocycles. The van der Waals surface area contributed by atoms with E-state index < -0.39 is 0 Å².